The minimum Gasteiger partial charge on any atom is -0.338 e. The highest BCUT2D eigenvalue weighted by Crippen LogP contribution is 2.34. The Hall–Kier alpha value is -3.16. The second-order valence-electron chi connectivity index (χ2n) is 7.34. The number of rotatable bonds is 5. The second kappa shape index (κ2) is 6.22. The second-order valence-corrected chi connectivity index (χ2v) is 7.34. The lowest BCUT2D eigenvalue weighted by Crippen LogP contribution is -2.51. The van der Waals surface area contributed by atoms with Crippen molar-refractivity contribution in [3.8, 4) is 11.1 Å². The van der Waals surface area contributed by atoms with Crippen molar-refractivity contribution in [2.45, 2.75) is 18.9 Å². The molecule has 1 N–H and O–H groups in total. The number of nitrogens with one attached hydrogen (secondary N) is 1. The number of aromatic nitrogens is 5. The van der Waals surface area contributed by atoms with Crippen LogP contribution in [0.3, 0.4) is 0 Å². The largest absolute Gasteiger partial charge is 0.338 e. The summed E-state index contributed by atoms with van der Waals surface area (Å²) in [6.07, 6.45) is 11.5. The average Bonchev–Trinajstić information content (AvgIpc) is 3.24. The minimum atomic E-state index is 0.274. The number of amides is 1. The topological polar surface area (TPSA) is 80.9 Å². The summed E-state index contributed by atoms with van der Waals surface area (Å²) in [5, 5.41) is 11.9. The third-order valence-corrected chi connectivity index (χ3v) is 5.15. The molecule has 3 aromatic rings. The smallest absolute Gasteiger partial charge is 0.225 e. The van der Waals surface area contributed by atoms with E-state index in [4.69, 9.17) is 0 Å². The number of likely N-dealkylation sites (tertiary alicyclic amines) is 1. The van der Waals surface area contributed by atoms with E-state index in [1.807, 2.05) is 47.4 Å². The Morgan fingerprint density at radius 1 is 1.15 bits per heavy atom. The third kappa shape index (κ3) is 3.18. The fraction of sp³-hybridized carbons (Fsp3) is 0.368. The highest BCUT2D eigenvalue weighted by atomic mass is 16.2. The molecular weight excluding hydrogens is 342 g/mol. The van der Waals surface area contributed by atoms with Crippen molar-refractivity contribution in [2.75, 3.05) is 18.4 Å². The SMILES string of the molecule is Cn1cc(Nc2cc(-c3cnn(C4CN(C(=O)C5CC5)C4)c3)ccn2)cn1. The molecule has 1 aliphatic heterocycles. The maximum Gasteiger partial charge on any atom is 0.225 e. The first kappa shape index (κ1) is 16.0. The van der Waals surface area contributed by atoms with E-state index in [-0.39, 0.29) is 6.04 Å². The zero-order valence-corrected chi connectivity index (χ0v) is 15.1. The molecule has 0 atom stereocenters. The van der Waals surface area contributed by atoms with Crippen molar-refractivity contribution in [3.05, 3.63) is 43.1 Å². The van der Waals surface area contributed by atoms with E-state index in [1.165, 1.54) is 0 Å². The van der Waals surface area contributed by atoms with E-state index < -0.39 is 0 Å². The van der Waals surface area contributed by atoms with Gasteiger partial charge in [-0.3, -0.25) is 14.2 Å². The molecule has 4 heterocycles. The first-order valence-electron chi connectivity index (χ1n) is 9.21. The average molecular weight is 363 g/mol. The van der Waals surface area contributed by atoms with Crippen molar-refractivity contribution >= 4 is 17.4 Å². The van der Waals surface area contributed by atoms with E-state index >= 15 is 0 Å². The molecular formula is C19H21N7O. The number of nitrogens with zero attached hydrogens (tertiary/aromatic N) is 6. The van der Waals surface area contributed by atoms with Gasteiger partial charge in [-0.2, -0.15) is 10.2 Å². The molecule has 1 saturated carbocycles. The van der Waals surface area contributed by atoms with Gasteiger partial charge in [-0.25, -0.2) is 4.98 Å². The van der Waals surface area contributed by atoms with Gasteiger partial charge in [0, 0.05) is 50.2 Å². The fourth-order valence-corrected chi connectivity index (χ4v) is 3.39. The summed E-state index contributed by atoms with van der Waals surface area (Å²) in [5.74, 6) is 1.37. The summed E-state index contributed by atoms with van der Waals surface area (Å²) in [4.78, 5) is 18.4. The van der Waals surface area contributed by atoms with E-state index in [9.17, 15) is 4.79 Å². The van der Waals surface area contributed by atoms with Crippen LogP contribution >= 0.6 is 0 Å². The Morgan fingerprint density at radius 2 is 2.00 bits per heavy atom. The van der Waals surface area contributed by atoms with Gasteiger partial charge in [0.15, 0.2) is 0 Å². The molecule has 0 bridgehead atoms. The van der Waals surface area contributed by atoms with Crippen molar-refractivity contribution in [1.29, 1.82) is 0 Å². The quantitative estimate of drug-likeness (QED) is 0.752. The lowest BCUT2D eigenvalue weighted by atomic mass is 10.1. The van der Waals surface area contributed by atoms with Crippen LogP contribution in [0.2, 0.25) is 0 Å². The molecule has 8 nitrogen and oxygen atoms in total. The maximum atomic E-state index is 12.1. The zero-order valence-electron chi connectivity index (χ0n) is 15.1. The van der Waals surface area contributed by atoms with E-state index in [0.717, 1.165) is 48.6 Å². The maximum absolute atomic E-state index is 12.1. The molecule has 2 aliphatic rings. The molecule has 0 aromatic carbocycles. The highest BCUT2D eigenvalue weighted by Gasteiger charge is 2.39. The van der Waals surface area contributed by atoms with Crippen LogP contribution in [0.5, 0.6) is 0 Å². The summed E-state index contributed by atoms with van der Waals surface area (Å²) < 4.78 is 3.72. The normalized spacial score (nSPS) is 17.0. The number of carbonyl (C=O) groups excluding carboxylic acids is 1. The van der Waals surface area contributed by atoms with Crippen LogP contribution in [0.25, 0.3) is 11.1 Å². The lowest BCUT2D eigenvalue weighted by Gasteiger charge is -2.39. The molecule has 2 fully saturated rings. The van der Waals surface area contributed by atoms with E-state index in [2.05, 4.69) is 20.5 Å². The Morgan fingerprint density at radius 3 is 2.74 bits per heavy atom. The number of pyridine rings is 1. The van der Waals surface area contributed by atoms with Crippen LogP contribution < -0.4 is 5.32 Å². The number of anilines is 2. The van der Waals surface area contributed by atoms with Gasteiger partial charge in [0.25, 0.3) is 0 Å². The van der Waals surface area contributed by atoms with Crippen molar-refractivity contribution in [3.63, 3.8) is 0 Å². The summed E-state index contributed by atoms with van der Waals surface area (Å²) in [7, 11) is 1.88. The van der Waals surface area contributed by atoms with Crippen molar-refractivity contribution < 1.29 is 4.79 Å². The summed E-state index contributed by atoms with van der Waals surface area (Å²) in [6.45, 7) is 1.53. The Bertz CT molecular complexity index is 981. The van der Waals surface area contributed by atoms with Gasteiger partial charge in [-0.05, 0) is 30.5 Å². The van der Waals surface area contributed by atoms with Crippen LogP contribution in [0.15, 0.2) is 43.1 Å². The molecule has 3 aromatic heterocycles. The Balaban J connectivity index is 1.27. The summed E-state index contributed by atoms with van der Waals surface area (Å²) >= 11 is 0. The van der Waals surface area contributed by atoms with Gasteiger partial charge < -0.3 is 10.2 Å². The predicted octanol–water partition coefficient (Wildman–Crippen LogP) is 2.22. The minimum absolute atomic E-state index is 0.274. The van der Waals surface area contributed by atoms with Gasteiger partial charge in [0.05, 0.1) is 24.1 Å². The summed E-state index contributed by atoms with van der Waals surface area (Å²) in [6, 6.07) is 4.24. The monoisotopic (exact) mass is 363 g/mol. The molecule has 1 aliphatic carbocycles. The molecule has 27 heavy (non-hydrogen) atoms. The molecule has 1 amide bonds. The molecule has 0 unspecified atom stereocenters. The summed E-state index contributed by atoms with van der Waals surface area (Å²) in [5.41, 5.74) is 2.99. The molecule has 0 radical (unpaired) electrons. The molecule has 0 spiro atoms. The van der Waals surface area contributed by atoms with Gasteiger partial charge >= 0.3 is 0 Å². The van der Waals surface area contributed by atoms with Crippen molar-refractivity contribution in [2.24, 2.45) is 13.0 Å². The molecule has 5 rings (SSSR count). The Labute approximate surface area is 156 Å². The van der Waals surface area contributed by atoms with Crippen LogP contribution in [0.1, 0.15) is 18.9 Å². The molecule has 1 saturated heterocycles. The van der Waals surface area contributed by atoms with Gasteiger partial charge in [-0.1, -0.05) is 0 Å². The number of aryl methyl sites for hydroxylation is 1. The van der Waals surface area contributed by atoms with Crippen LogP contribution in [-0.2, 0) is 11.8 Å². The van der Waals surface area contributed by atoms with Crippen LogP contribution in [-0.4, -0.2) is 48.4 Å². The predicted molar refractivity (Wildman–Crippen MR) is 100 cm³/mol. The van der Waals surface area contributed by atoms with Gasteiger partial charge in [0.1, 0.15) is 5.82 Å². The fourth-order valence-electron chi connectivity index (χ4n) is 3.39. The van der Waals surface area contributed by atoms with Gasteiger partial charge in [-0.15, -0.1) is 0 Å². The van der Waals surface area contributed by atoms with Crippen molar-refractivity contribution in [1.82, 2.24) is 29.4 Å². The van der Waals surface area contributed by atoms with Crippen LogP contribution in [0.4, 0.5) is 11.5 Å². The highest BCUT2D eigenvalue weighted by molar-refractivity contribution is 5.81. The Kier molecular flexibility index (Phi) is 3.70. The molecule has 8 heteroatoms. The first-order chi connectivity index (χ1) is 13.2. The van der Waals surface area contributed by atoms with Gasteiger partial charge in [0.2, 0.25) is 5.91 Å². The lowest BCUT2D eigenvalue weighted by molar-refractivity contribution is -0.138. The number of hydrogen-bond donors (Lipinski definition) is 1. The van der Waals surface area contributed by atoms with E-state index in [1.54, 1.807) is 17.1 Å². The third-order valence-electron chi connectivity index (χ3n) is 5.15. The first-order valence-corrected chi connectivity index (χ1v) is 9.21. The number of hydrogen-bond acceptors (Lipinski definition) is 5. The zero-order chi connectivity index (χ0) is 18.4. The number of carbonyl (C=O) groups is 1. The standard InChI is InChI=1S/C19H21N7O/c1-24-10-16(8-21-24)23-18-6-14(4-5-20-18)15-7-22-26(9-15)17-11-25(12-17)19(27)13-2-3-13/h4-10,13,17H,2-3,11-12H2,1H3,(H,20,23). The van der Waals surface area contributed by atoms with E-state index in [0.29, 0.717) is 11.8 Å². The van der Waals surface area contributed by atoms with Crippen LogP contribution in [0, 0.1) is 5.92 Å². The molecule has 138 valence electrons.